The van der Waals surface area contributed by atoms with Gasteiger partial charge in [-0.25, -0.2) is 23.1 Å². The Morgan fingerprint density at radius 1 is 1.24 bits per heavy atom. The van der Waals surface area contributed by atoms with Crippen LogP contribution in [0, 0.1) is 0 Å². The van der Waals surface area contributed by atoms with Crippen LogP contribution in [0.3, 0.4) is 0 Å². The number of rotatable bonds is 6. The molecule has 2 aromatic rings. The minimum absolute atomic E-state index is 0.0409. The summed E-state index contributed by atoms with van der Waals surface area (Å²) in [6.45, 7) is 2.79. The van der Waals surface area contributed by atoms with Crippen LogP contribution in [0.2, 0.25) is 0 Å². The molecule has 0 aliphatic heterocycles. The van der Waals surface area contributed by atoms with Crippen molar-refractivity contribution in [3.05, 3.63) is 46.7 Å². The van der Waals surface area contributed by atoms with E-state index in [0.29, 0.717) is 12.5 Å². The minimum atomic E-state index is -3.62. The van der Waals surface area contributed by atoms with Crippen molar-refractivity contribution in [1.29, 1.82) is 0 Å². The van der Waals surface area contributed by atoms with E-state index in [0.717, 1.165) is 10.0 Å². The van der Waals surface area contributed by atoms with E-state index in [2.05, 4.69) is 35.9 Å². The van der Waals surface area contributed by atoms with Crippen molar-refractivity contribution in [2.24, 2.45) is 0 Å². The Morgan fingerprint density at radius 2 is 1.95 bits per heavy atom. The number of hydrogen-bond acceptors (Lipinski definition) is 5. The van der Waals surface area contributed by atoms with Crippen LogP contribution in [0.15, 0.2) is 46.0 Å². The quantitative estimate of drug-likeness (QED) is 0.813. The van der Waals surface area contributed by atoms with Gasteiger partial charge >= 0.3 is 0 Å². The van der Waals surface area contributed by atoms with E-state index in [1.54, 1.807) is 0 Å². The molecule has 112 valence electrons. The van der Waals surface area contributed by atoms with Gasteiger partial charge in [-0.05, 0) is 24.6 Å². The molecule has 0 radical (unpaired) electrons. The van der Waals surface area contributed by atoms with Gasteiger partial charge in [0.05, 0.1) is 12.4 Å². The Hall–Kier alpha value is -1.51. The lowest BCUT2D eigenvalue weighted by Gasteiger charge is -2.07. The fourth-order valence-electron chi connectivity index (χ4n) is 1.61. The number of nitrogens with zero attached hydrogens (tertiary/aromatic N) is 2. The second kappa shape index (κ2) is 6.97. The average molecular weight is 371 g/mol. The molecule has 8 heteroatoms. The van der Waals surface area contributed by atoms with E-state index in [1.807, 2.05) is 31.2 Å². The third kappa shape index (κ3) is 4.48. The van der Waals surface area contributed by atoms with Gasteiger partial charge in [0.15, 0.2) is 0 Å². The van der Waals surface area contributed by atoms with E-state index in [9.17, 15) is 8.42 Å². The minimum Gasteiger partial charge on any atom is -0.355 e. The Bertz CT molecular complexity index is 704. The molecular weight excluding hydrogens is 356 g/mol. The standard InChI is InChI=1S/C13H15BrN4O2S/c1-2-15-13-16-8-12(9-17-13)21(19,20)18-7-10-4-3-5-11(14)6-10/h3-6,8-9,18H,2,7H2,1H3,(H,15,16,17). The molecule has 1 aromatic heterocycles. The first-order chi connectivity index (χ1) is 10.0. The van der Waals surface area contributed by atoms with Gasteiger partial charge in [0.1, 0.15) is 4.90 Å². The summed E-state index contributed by atoms with van der Waals surface area (Å²) in [7, 11) is -3.62. The molecule has 21 heavy (non-hydrogen) atoms. The zero-order chi connectivity index (χ0) is 15.3. The molecule has 0 saturated carbocycles. The third-order valence-corrected chi connectivity index (χ3v) is 4.48. The van der Waals surface area contributed by atoms with Crippen molar-refractivity contribution in [3.63, 3.8) is 0 Å². The molecule has 1 aromatic carbocycles. The van der Waals surface area contributed by atoms with Crippen LogP contribution in [-0.4, -0.2) is 24.9 Å². The number of benzene rings is 1. The van der Waals surface area contributed by atoms with Crippen LogP contribution in [0.4, 0.5) is 5.95 Å². The summed E-state index contributed by atoms with van der Waals surface area (Å²) in [5, 5.41) is 2.91. The lowest BCUT2D eigenvalue weighted by molar-refractivity contribution is 0.580. The molecule has 0 amide bonds. The molecule has 0 saturated heterocycles. The highest BCUT2D eigenvalue weighted by Gasteiger charge is 2.14. The number of nitrogens with one attached hydrogen (secondary N) is 2. The van der Waals surface area contributed by atoms with Gasteiger partial charge in [0.2, 0.25) is 16.0 Å². The Labute approximate surface area is 132 Å². The van der Waals surface area contributed by atoms with E-state index >= 15 is 0 Å². The van der Waals surface area contributed by atoms with Gasteiger partial charge in [-0.3, -0.25) is 0 Å². The van der Waals surface area contributed by atoms with Crippen molar-refractivity contribution < 1.29 is 8.42 Å². The van der Waals surface area contributed by atoms with E-state index < -0.39 is 10.0 Å². The number of aromatic nitrogens is 2. The van der Waals surface area contributed by atoms with Crippen molar-refractivity contribution in [3.8, 4) is 0 Å². The maximum atomic E-state index is 12.1. The number of anilines is 1. The molecule has 0 aliphatic rings. The molecule has 1 heterocycles. The fraction of sp³-hybridized carbons (Fsp3) is 0.231. The van der Waals surface area contributed by atoms with E-state index in [1.165, 1.54) is 12.4 Å². The molecule has 2 rings (SSSR count). The first-order valence-electron chi connectivity index (χ1n) is 6.31. The first-order valence-corrected chi connectivity index (χ1v) is 8.59. The van der Waals surface area contributed by atoms with E-state index in [-0.39, 0.29) is 11.4 Å². The van der Waals surface area contributed by atoms with Crippen LogP contribution in [0.5, 0.6) is 0 Å². The zero-order valence-electron chi connectivity index (χ0n) is 11.4. The summed E-state index contributed by atoms with van der Waals surface area (Å²) in [4.78, 5) is 7.95. The van der Waals surface area contributed by atoms with Gasteiger partial charge in [-0.1, -0.05) is 28.1 Å². The van der Waals surface area contributed by atoms with Crippen molar-refractivity contribution in [2.45, 2.75) is 18.4 Å². The summed E-state index contributed by atoms with van der Waals surface area (Å²) in [6.07, 6.45) is 2.57. The van der Waals surface area contributed by atoms with E-state index in [4.69, 9.17) is 0 Å². The number of halogens is 1. The van der Waals surface area contributed by atoms with Crippen molar-refractivity contribution in [1.82, 2.24) is 14.7 Å². The lowest BCUT2D eigenvalue weighted by Crippen LogP contribution is -2.23. The van der Waals surface area contributed by atoms with Gasteiger partial charge in [0.25, 0.3) is 0 Å². The SMILES string of the molecule is CCNc1ncc(S(=O)(=O)NCc2cccc(Br)c2)cn1. The molecular formula is C13H15BrN4O2S. The highest BCUT2D eigenvalue weighted by atomic mass is 79.9. The van der Waals surface area contributed by atoms with Crippen molar-refractivity contribution >= 4 is 31.9 Å². The number of hydrogen-bond donors (Lipinski definition) is 2. The summed E-state index contributed by atoms with van der Waals surface area (Å²) < 4.78 is 27.7. The van der Waals surface area contributed by atoms with Crippen LogP contribution >= 0.6 is 15.9 Å². The second-order valence-electron chi connectivity index (χ2n) is 4.23. The lowest BCUT2D eigenvalue weighted by atomic mass is 10.2. The first kappa shape index (κ1) is 15.9. The van der Waals surface area contributed by atoms with Gasteiger partial charge in [-0.2, -0.15) is 0 Å². The normalized spacial score (nSPS) is 11.3. The topological polar surface area (TPSA) is 84.0 Å². The smallest absolute Gasteiger partial charge is 0.243 e. The molecule has 0 fully saturated rings. The Kier molecular flexibility index (Phi) is 5.27. The zero-order valence-corrected chi connectivity index (χ0v) is 13.8. The van der Waals surface area contributed by atoms with Crippen molar-refractivity contribution in [2.75, 3.05) is 11.9 Å². The van der Waals surface area contributed by atoms with Crippen LogP contribution in [0.25, 0.3) is 0 Å². The molecule has 0 atom stereocenters. The summed E-state index contributed by atoms with van der Waals surface area (Å²) in [6, 6.07) is 7.43. The monoisotopic (exact) mass is 370 g/mol. The van der Waals surface area contributed by atoms with Gasteiger partial charge in [-0.15, -0.1) is 0 Å². The molecule has 0 bridgehead atoms. The molecule has 0 unspecified atom stereocenters. The highest BCUT2D eigenvalue weighted by molar-refractivity contribution is 9.10. The largest absolute Gasteiger partial charge is 0.355 e. The third-order valence-electron chi connectivity index (χ3n) is 2.63. The Morgan fingerprint density at radius 3 is 2.57 bits per heavy atom. The average Bonchev–Trinajstić information content (AvgIpc) is 2.46. The molecule has 6 nitrogen and oxygen atoms in total. The van der Waals surface area contributed by atoms with Crippen LogP contribution in [-0.2, 0) is 16.6 Å². The predicted molar refractivity (Wildman–Crippen MR) is 84.4 cm³/mol. The summed E-state index contributed by atoms with van der Waals surface area (Å²) in [5.41, 5.74) is 0.859. The summed E-state index contributed by atoms with van der Waals surface area (Å²) >= 11 is 3.35. The predicted octanol–water partition coefficient (Wildman–Crippen LogP) is 2.15. The maximum Gasteiger partial charge on any atom is 0.243 e. The number of sulfonamides is 1. The second-order valence-corrected chi connectivity index (χ2v) is 6.91. The van der Waals surface area contributed by atoms with Crippen LogP contribution in [0.1, 0.15) is 12.5 Å². The molecule has 0 spiro atoms. The summed E-state index contributed by atoms with van der Waals surface area (Å²) in [5.74, 6) is 0.406. The fourth-order valence-corrected chi connectivity index (χ4v) is 2.97. The maximum absolute atomic E-state index is 12.1. The van der Waals surface area contributed by atoms with Crippen LogP contribution < -0.4 is 10.0 Å². The molecule has 2 N–H and O–H groups in total. The van der Waals surface area contributed by atoms with Gasteiger partial charge < -0.3 is 5.32 Å². The highest BCUT2D eigenvalue weighted by Crippen LogP contribution is 2.13. The Balaban J connectivity index is 2.07. The van der Waals surface area contributed by atoms with Gasteiger partial charge in [0, 0.05) is 17.6 Å². The molecule has 0 aliphatic carbocycles.